The summed E-state index contributed by atoms with van der Waals surface area (Å²) in [6.45, 7) is 5.27. The number of carbonyl (C=O) groups is 1. The number of amides is 1. The summed E-state index contributed by atoms with van der Waals surface area (Å²) in [4.78, 5) is 28.8. The Morgan fingerprint density at radius 2 is 1.87 bits per heavy atom. The lowest BCUT2D eigenvalue weighted by molar-refractivity contribution is -0.139. The first-order valence-corrected chi connectivity index (χ1v) is 9.05. The fraction of sp³-hybridized carbons (Fsp3) is 0.300. The zero-order valence-corrected chi connectivity index (χ0v) is 16.6. The maximum Gasteiger partial charge on any atom is 0.421 e. The van der Waals surface area contributed by atoms with Gasteiger partial charge in [-0.3, -0.25) is 9.59 Å². The maximum atomic E-state index is 12.9. The van der Waals surface area contributed by atoms with Gasteiger partial charge in [0.25, 0.3) is 5.56 Å². The third-order valence-electron chi connectivity index (χ3n) is 4.25. The first kappa shape index (κ1) is 21.3. The van der Waals surface area contributed by atoms with Crippen molar-refractivity contribution in [2.45, 2.75) is 38.9 Å². The number of rotatable bonds is 4. The fourth-order valence-electron chi connectivity index (χ4n) is 2.70. The number of alkyl halides is 3. The summed E-state index contributed by atoms with van der Waals surface area (Å²) in [6, 6.07) is 8.62. The Kier molecular flexibility index (Phi) is 5.51. The summed E-state index contributed by atoms with van der Waals surface area (Å²) in [7, 11) is 0. The van der Waals surface area contributed by atoms with Crippen LogP contribution in [0.2, 0.25) is 0 Å². The molecule has 0 aromatic carbocycles. The third kappa shape index (κ3) is 4.58. The molecule has 0 atom stereocenters. The first-order valence-electron chi connectivity index (χ1n) is 9.05. The Balaban J connectivity index is 1.91. The van der Waals surface area contributed by atoms with Crippen molar-refractivity contribution in [1.82, 2.24) is 19.3 Å². The van der Waals surface area contributed by atoms with E-state index in [-0.39, 0.29) is 5.41 Å². The van der Waals surface area contributed by atoms with Gasteiger partial charge in [-0.05, 0) is 24.3 Å². The number of carbonyl (C=O) groups excluding carboxylic acids is 1. The van der Waals surface area contributed by atoms with Crippen LogP contribution in [0, 0.1) is 0 Å². The van der Waals surface area contributed by atoms with Crippen molar-refractivity contribution in [2.75, 3.05) is 5.32 Å². The molecule has 3 heterocycles. The zero-order valence-electron chi connectivity index (χ0n) is 16.6. The van der Waals surface area contributed by atoms with Crippen LogP contribution in [0.4, 0.5) is 19.0 Å². The van der Waals surface area contributed by atoms with Crippen molar-refractivity contribution in [3.8, 4) is 5.82 Å². The minimum Gasteiger partial charge on any atom is -0.309 e. The molecule has 7 nitrogen and oxygen atoms in total. The smallest absolute Gasteiger partial charge is 0.309 e. The van der Waals surface area contributed by atoms with Crippen LogP contribution in [0.15, 0.2) is 53.6 Å². The second-order valence-corrected chi connectivity index (χ2v) is 7.67. The summed E-state index contributed by atoms with van der Waals surface area (Å²) in [5, 5.41) is 7.11. The number of nitrogens with zero attached hydrogens (tertiary/aromatic N) is 4. The molecule has 0 aliphatic carbocycles. The highest BCUT2D eigenvalue weighted by Gasteiger charge is 2.34. The minimum absolute atomic E-state index is 0.295. The molecule has 0 aliphatic heterocycles. The van der Waals surface area contributed by atoms with Crippen molar-refractivity contribution < 1.29 is 18.0 Å². The Morgan fingerprint density at radius 3 is 2.47 bits per heavy atom. The van der Waals surface area contributed by atoms with Gasteiger partial charge in [0.15, 0.2) is 5.82 Å². The molecule has 0 saturated heterocycles. The molecule has 10 heteroatoms. The van der Waals surface area contributed by atoms with Crippen LogP contribution in [0.5, 0.6) is 0 Å². The van der Waals surface area contributed by atoms with Gasteiger partial charge in [-0.2, -0.15) is 23.0 Å². The molecule has 0 spiro atoms. The fourth-order valence-corrected chi connectivity index (χ4v) is 2.70. The number of anilines is 1. The normalized spacial score (nSPS) is 12.1. The van der Waals surface area contributed by atoms with Crippen LogP contribution in [-0.2, 0) is 22.9 Å². The first-order chi connectivity index (χ1) is 14.0. The summed E-state index contributed by atoms with van der Waals surface area (Å²) in [5.41, 5.74) is -2.25. The summed E-state index contributed by atoms with van der Waals surface area (Å²) in [6.07, 6.45) is -2.09. The lowest BCUT2D eigenvalue weighted by Crippen LogP contribution is -2.32. The molecule has 3 rings (SSSR count). The quantitative estimate of drug-likeness (QED) is 0.703. The molecule has 3 aromatic rings. The van der Waals surface area contributed by atoms with Gasteiger partial charge in [-0.15, -0.1) is 0 Å². The van der Waals surface area contributed by atoms with E-state index in [0.29, 0.717) is 28.0 Å². The van der Waals surface area contributed by atoms with Crippen LogP contribution in [0.25, 0.3) is 5.82 Å². The highest BCUT2D eigenvalue weighted by atomic mass is 19.4. The van der Waals surface area contributed by atoms with Crippen molar-refractivity contribution in [2.24, 2.45) is 0 Å². The molecule has 0 radical (unpaired) electrons. The van der Waals surface area contributed by atoms with Crippen molar-refractivity contribution >= 4 is 11.7 Å². The van der Waals surface area contributed by atoms with E-state index in [1.165, 1.54) is 4.68 Å². The molecule has 1 N–H and O–H groups in total. The SMILES string of the molecule is CC(C)(C)c1cc(NC(=O)Cn2cccc(C(F)(F)F)c2=O)n(-c2ccccn2)n1. The summed E-state index contributed by atoms with van der Waals surface area (Å²) in [5.74, 6) is 0.0807. The topological polar surface area (TPSA) is 81.8 Å². The van der Waals surface area contributed by atoms with Gasteiger partial charge < -0.3 is 9.88 Å². The number of halogens is 3. The molecule has 0 saturated carbocycles. The van der Waals surface area contributed by atoms with Crippen LogP contribution in [0.1, 0.15) is 32.0 Å². The van der Waals surface area contributed by atoms with Crippen LogP contribution in [0.3, 0.4) is 0 Å². The molecule has 3 aromatic heterocycles. The Morgan fingerprint density at radius 1 is 1.13 bits per heavy atom. The molecule has 158 valence electrons. The second kappa shape index (κ2) is 7.77. The van der Waals surface area contributed by atoms with Crippen LogP contribution in [-0.4, -0.2) is 25.2 Å². The van der Waals surface area contributed by atoms with Gasteiger partial charge in [0.2, 0.25) is 5.91 Å². The molecule has 0 aliphatic rings. The lowest BCUT2D eigenvalue weighted by Gasteiger charge is -2.13. The van der Waals surface area contributed by atoms with Crippen molar-refractivity contribution in [3.05, 3.63) is 70.4 Å². The van der Waals surface area contributed by atoms with E-state index in [4.69, 9.17) is 0 Å². The number of hydrogen-bond acceptors (Lipinski definition) is 4. The monoisotopic (exact) mass is 419 g/mol. The lowest BCUT2D eigenvalue weighted by atomic mass is 9.92. The molecule has 0 bridgehead atoms. The molecule has 1 amide bonds. The van der Waals surface area contributed by atoms with Gasteiger partial charge in [0, 0.05) is 23.9 Å². The average molecular weight is 419 g/mol. The van der Waals surface area contributed by atoms with E-state index in [1.807, 2.05) is 20.8 Å². The highest BCUT2D eigenvalue weighted by molar-refractivity contribution is 5.90. The van der Waals surface area contributed by atoms with E-state index in [1.54, 1.807) is 30.5 Å². The summed E-state index contributed by atoms with van der Waals surface area (Å²) >= 11 is 0. The predicted molar refractivity (Wildman–Crippen MR) is 104 cm³/mol. The van der Waals surface area contributed by atoms with E-state index in [0.717, 1.165) is 12.3 Å². The zero-order chi connectivity index (χ0) is 22.1. The van der Waals surface area contributed by atoms with Crippen LogP contribution < -0.4 is 10.9 Å². The van der Waals surface area contributed by atoms with E-state index in [9.17, 15) is 22.8 Å². The molecule has 0 fully saturated rings. The highest BCUT2D eigenvalue weighted by Crippen LogP contribution is 2.27. The third-order valence-corrected chi connectivity index (χ3v) is 4.25. The molecule has 30 heavy (non-hydrogen) atoms. The van der Waals surface area contributed by atoms with E-state index >= 15 is 0 Å². The Hall–Kier alpha value is -3.43. The van der Waals surface area contributed by atoms with Crippen molar-refractivity contribution in [1.29, 1.82) is 0 Å². The molecule has 0 unspecified atom stereocenters. The maximum absolute atomic E-state index is 12.9. The second-order valence-electron chi connectivity index (χ2n) is 7.67. The van der Waals surface area contributed by atoms with Gasteiger partial charge >= 0.3 is 6.18 Å². The van der Waals surface area contributed by atoms with E-state index in [2.05, 4.69) is 15.4 Å². The largest absolute Gasteiger partial charge is 0.421 e. The number of nitrogens with one attached hydrogen (secondary N) is 1. The van der Waals surface area contributed by atoms with Crippen molar-refractivity contribution in [3.63, 3.8) is 0 Å². The minimum atomic E-state index is -4.80. The average Bonchev–Trinajstić information content (AvgIpc) is 3.07. The Bertz CT molecular complexity index is 1110. The van der Waals surface area contributed by atoms with Crippen LogP contribution >= 0.6 is 0 Å². The van der Waals surface area contributed by atoms with E-state index < -0.39 is 29.8 Å². The molecular formula is C20H20F3N5O2. The number of pyridine rings is 2. The number of hydrogen-bond donors (Lipinski definition) is 1. The van der Waals surface area contributed by atoms with Gasteiger partial charge in [0.05, 0.1) is 5.69 Å². The Labute approximate surface area is 170 Å². The molecular weight excluding hydrogens is 399 g/mol. The van der Waals surface area contributed by atoms with Gasteiger partial charge in [-0.1, -0.05) is 26.8 Å². The van der Waals surface area contributed by atoms with Gasteiger partial charge in [-0.25, -0.2) is 4.98 Å². The predicted octanol–water partition coefficient (Wildman–Crippen LogP) is 3.38. The number of aromatic nitrogens is 4. The van der Waals surface area contributed by atoms with Gasteiger partial charge in [0.1, 0.15) is 17.9 Å². The summed E-state index contributed by atoms with van der Waals surface area (Å²) < 4.78 is 41.0. The standard InChI is InChI=1S/C20H20F3N5O2/c1-19(2,3)14-11-16(28(26-14)15-8-4-5-9-24-15)25-17(29)12-27-10-6-7-13(18(27)30)20(21,22)23/h4-11H,12H2,1-3H3,(H,25,29).